The quantitative estimate of drug-likeness (QED) is 0.615. The zero-order valence-corrected chi connectivity index (χ0v) is 18.7. The van der Waals surface area contributed by atoms with Crippen LogP contribution in [0.4, 0.5) is 14.5 Å². The van der Waals surface area contributed by atoms with Crippen molar-refractivity contribution in [3.8, 4) is 11.8 Å². The third-order valence-corrected chi connectivity index (χ3v) is 7.22. The maximum absolute atomic E-state index is 13.9. The number of nitrogens with zero attached hydrogens (tertiary/aromatic N) is 2. The summed E-state index contributed by atoms with van der Waals surface area (Å²) in [5, 5.41) is 12.2. The summed E-state index contributed by atoms with van der Waals surface area (Å²) >= 11 is 1.38. The average Bonchev–Trinajstić information content (AvgIpc) is 3.09. The number of ether oxygens (including phenoxy) is 1. The van der Waals surface area contributed by atoms with Gasteiger partial charge in [0.25, 0.3) is 0 Å². The van der Waals surface area contributed by atoms with Gasteiger partial charge >= 0.3 is 0 Å². The molecule has 2 aromatic rings. The van der Waals surface area contributed by atoms with Crippen LogP contribution in [-0.4, -0.2) is 50.0 Å². The van der Waals surface area contributed by atoms with Crippen LogP contribution in [0.1, 0.15) is 35.7 Å². The molecule has 32 heavy (non-hydrogen) atoms. The number of rotatable bonds is 7. The van der Waals surface area contributed by atoms with Gasteiger partial charge in [0, 0.05) is 22.7 Å². The van der Waals surface area contributed by atoms with Gasteiger partial charge in [0.15, 0.2) is 6.17 Å². The number of hydrogen-bond acceptors (Lipinski definition) is 5. The van der Waals surface area contributed by atoms with Crippen LogP contribution in [0, 0.1) is 11.3 Å². The molecule has 5 nitrogen and oxygen atoms in total. The number of carbonyl (C=O) groups is 1. The lowest BCUT2D eigenvalue weighted by Crippen LogP contribution is -2.47. The van der Waals surface area contributed by atoms with Gasteiger partial charge in [-0.3, -0.25) is 9.69 Å². The molecule has 4 rings (SSSR count). The lowest BCUT2D eigenvalue weighted by molar-refractivity contribution is -0.122. The highest BCUT2D eigenvalue weighted by molar-refractivity contribution is 7.98. The first-order chi connectivity index (χ1) is 15.5. The van der Waals surface area contributed by atoms with Crippen LogP contribution >= 0.6 is 11.8 Å². The Hall–Kier alpha value is -2.63. The highest BCUT2D eigenvalue weighted by atomic mass is 32.2. The third kappa shape index (κ3) is 4.19. The average molecular weight is 458 g/mol. The Morgan fingerprint density at radius 3 is 2.75 bits per heavy atom. The van der Waals surface area contributed by atoms with Crippen molar-refractivity contribution in [2.45, 2.75) is 29.3 Å². The molecule has 0 bridgehead atoms. The second-order valence-corrected chi connectivity index (χ2v) is 8.97. The van der Waals surface area contributed by atoms with Crippen molar-refractivity contribution in [3.05, 3.63) is 53.1 Å². The Kier molecular flexibility index (Phi) is 6.68. The molecule has 1 spiro atoms. The number of carbonyl (C=O) groups excluding carboxylic acids is 1. The maximum atomic E-state index is 13.9. The van der Waals surface area contributed by atoms with Crippen LogP contribution in [0.3, 0.4) is 0 Å². The van der Waals surface area contributed by atoms with E-state index in [0.717, 1.165) is 24.3 Å². The molecule has 0 aromatic heterocycles. The van der Waals surface area contributed by atoms with E-state index in [9.17, 15) is 18.8 Å². The second-order valence-electron chi connectivity index (χ2n) is 8.12. The van der Waals surface area contributed by atoms with Crippen LogP contribution < -0.4 is 10.1 Å². The van der Waals surface area contributed by atoms with Crippen molar-refractivity contribution >= 4 is 23.4 Å². The number of benzene rings is 2. The van der Waals surface area contributed by atoms with E-state index in [1.807, 2.05) is 18.4 Å². The Bertz CT molecular complexity index is 1050. The molecule has 0 saturated carbocycles. The largest absolute Gasteiger partial charge is 0.492 e. The normalized spacial score (nSPS) is 18.1. The van der Waals surface area contributed by atoms with Gasteiger partial charge in [0.05, 0.1) is 17.0 Å². The summed E-state index contributed by atoms with van der Waals surface area (Å²) in [6.07, 6.45) is 1.53. The molecule has 2 aliphatic rings. The van der Waals surface area contributed by atoms with Crippen molar-refractivity contribution in [1.29, 1.82) is 5.26 Å². The molecule has 0 aliphatic carbocycles. The van der Waals surface area contributed by atoms with Crippen LogP contribution in [-0.2, 0) is 10.2 Å². The predicted molar refractivity (Wildman–Crippen MR) is 121 cm³/mol. The number of nitriles is 1. The molecule has 1 N–H and O–H groups in total. The molecule has 1 amide bonds. The SMILES string of the molecule is CSc1ccc(OCCN2CCC3(CC2)C(=O)Nc2ccc(C#N)cc23)cc1C(F)CF. The summed E-state index contributed by atoms with van der Waals surface area (Å²) in [5.74, 6) is 0.532. The van der Waals surface area contributed by atoms with Gasteiger partial charge in [-0.25, -0.2) is 8.78 Å². The van der Waals surface area contributed by atoms with Gasteiger partial charge in [-0.15, -0.1) is 11.8 Å². The standard InChI is InChI=1S/C24H25F2N3O2S/c1-32-22-5-3-17(13-18(22)20(26)14-25)31-11-10-29-8-6-24(7-9-29)19-12-16(15-27)2-4-21(19)28-23(24)30/h2-5,12-13,20H,6-11,14H2,1H3,(H,28,30). The van der Waals surface area contributed by atoms with Crippen molar-refractivity contribution < 1.29 is 18.3 Å². The summed E-state index contributed by atoms with van der Waals surface area (Å²) in [6, 6.07) is 12.6. The molecule has 2 heterocycles. The fraction of sp³-hybridized carbons (Fsp3) is 0.417. The highest BCUT2D eigenvalue weighted by Crippen LogP contribution is 2.45. The maximum Gasteiger partial charge on any atom is 0.235 e. The van der Waals surface area contributed by atoms with Crippen LogP contribution in [0.15, 0.2) is 41.3 Å². The van der Waals surface area contributed by atoms with E-state index in [1.165, 1.54) is 11.8 Å². The number of likely N-dealkylation sites (tertiary alicyclic amines) is 1. The van der Waals surface area contributed by atoms with Crippen molar-refractivity contribution in [2.75, 3.05) is 44.5 Å². The number of amides is 1. The van der Waals surface area contributed by atoms with Gasteiger partial charge in [0.2, 0.25) is 5.91 Å². The minimum atomic E-state index is -1.65. The Morgan fingerprint density at radius 2 is 2.06 bits per heavy atom. The molecule has 1 fully saturated rings. The zero-order valence-electron chi connectivity index (χ0n) is 17.9. The molecule has 8 heteroatoms. The predicted octanol–water partition coefficient (Wildman–Crippen LogP) is 4.62. The van der Waals surface area contributed by atoms with E-state index in [-0.39, 0.29) is 5.91 Å². The van der Waals surface area contributed by atoms with E-state index in [2.05, 4.69) is 16.3 Å². The fourth-order valence-corrected chi connectivity index (χ4v) is 5.19. The molecular weight excluding hydrogens is 432 g/mol. The molecule has 1 unspecified atom stereocenters. The van der Waals surface area contributed by atoms with Gasteiger partial charge in [-0.05, 0) is 74.1 Å². The Labute approximate surface area is 190 Å². The van der Waals surface area contributed by atoms with Crippen LogP contribution in [0.25, 0.3) is 0 Å². The van der Waals surface area contributed by atoms with Gasteiger partial charge in [-0.1, -0.05) is 0 Å². The molecule has 1 saturated heterocycles. The first-order valence-electron chi connectivity index (χ1n) is 10.6. The third-order valence-electron chi connectivity index (χ3n) is 6.41. The molecular formula is C24H25F2N3O2S. The summed E-state index contributed by atoms with van der Waals surface area (Å²) in [4.78, 5) is 15.7. The van der Waals surface area contributed by atoms with Crippen LogP contribution in [0.2, 0.25) is 0 Å². The van der Waals surface area contributed by atoms with Gasteiger partial charge < -0.3 is 10.1 Å². The summed E-state index contributed by atoms with van der Waals surface area (Å²) in [5.41, 5.74) is 2.03. The second kappa shape index (κ2) is 9.47. The smallest absolute Gasteiger partial charge is 0.235 e. The fourth-order valence-electron chi connectivity index (χ4n) is 4.56. The minimum absolute atomic E-state index is 0.00791. The van der Waals surface area contributed by atoms with Crippen LogP contribution in [0.5, 0.6) is 5.75 Å². The molecule has 2 aromatic carbocycles. The monoisotopic (exact) mass is 457 g/mol. The lowest BCUT2D eigenvalue weighted by atomic mass is 9.73. The highest BCUT2D eigenvalue weighted by Gasteiger charge is 2.48. The summed E-state index contributed by atoms with van der Waals surface area (Å²) in [6.45, 7) is 1.50. The molecule has 2 aliphatic heterocycles. The first kappa shape index (κ1) is 22.6. The summed E-state index contributed by atoms with van der Waals surface area (Å²) < 4.78 is 32.6. The Balaban J connectivity index is 1.35. The number of nitrogens with one attached hydrogen (secondary N) is 1. The van der Waals surface area contributed by atoms with E-state index in [0.29, 0.717) is 47.8 Å². The summed E-state index contributed by atoms with van der Waals surface area (Å²) in [7, 11) is 0. The number of alkyl halides is 2. The van der Waals surface area contributed by atoms with E-state index >= 15 is 0 Å². The Morgan fingerprint density at radius 1 is 1.28 bits per heavy atom. The van der Waals surface area contributed by atoms with Crippen molar-refractivity contribution in [3.63, 3.8) is 0 Å². The zero-order chi connectivity index (χ0) is 22.7. The topological polar surface area (TPSA) is 65.4 Å². The lowest BCUT2D eigenvalue weighted by Gasteiger charge is -2.38. The molecule has 0 radical (unpaired) electrons. The number of thioether (sulfide) groups is 1. The van der Waals surface area contributed by atoms with Crippen molar-refractivity contribution in [1.82, 2.24) is 4.90 Å². The number of halogens is 2. The number of hydrogen-bond donors (Lipinski definition) is 1. The number of piperidine rings is 1. The number of fused-ring (bicyclic) bond motifs is 2. The van der Waals surface area contributed by atoms with E-state index in [4.69, 9.17) is 4.74 Å². The molecule has 168 valence electrons. The van der Waals surface area contributed by atoms with Gasteiger partial charge in [0.1, 0.15) is 19.0 Å². The first-order valence-corrected chi connectivity index (χ1v) is 11.8. The van der Waals surface area contributed by atoms with E-state index < -0.39 is 18.3 Å². The number of anilines is 1. The van der Waals surface area contributed by atoms with Crippen molar-refractivity contribution in [2.24, 2.45) is 0 Å². The van der Waals surface area contributed by atoms with Gasteiger partial charge in [-0.2, -0.15) is 5.26 Å². The molecule has 1 atom stereocenters. The minimum Gasteiger partial charge on any atom is -0.492 e. The van der Waals surface area contributed by atoms with E-state index in [1.54, 1.807) is 24.3 Å².